The van der Waals surface area contributed by atoms with Crippen molar-refractivity contribution >= 4 is 34.8 Å². The van der Waals surface area contributed by atoms with Gasteiger partial charge in [0.25, 0.3) is 0 Å². The van der Waals surface area contributed by atoms with Gasteiger partial charge in [-0.05, 0) is 63.2 Å². The zero-order valence-corrected chi connectivity index (χ0v) is 16.2. The van der Waals surface area contributed by atoms with Crippen molar-refractivity contribution in [3.63, 3.8) is 0 Å². The van der Waals surface area contributed by atoms with E-state index in [2.05, 4.69) is 10.6 Å². The summed E-state index contributed by atoms with van der Waals surface area (Å²) in [6.45, 7) is 5.83. The average molecular weight is 374 g/mol. The number of hydrogen-bond acceptors (Lipinski definition) is 3. The summed E-state index contributed by atoms with van der Waals surface area (Å²) in [7, 11) is 1.74. The highest BCUT2D eigenvalue weighted by molar-refractivity contribution is 6.30. The predicted octanol–water partition coefficient (Wildman–Crippen LogP) is 3.85. The second-order valence-electron chi connectivity index (χ2n) is 6.39. The summed E-state index contributed by atoms with van der Waals surface area (Å²) >= 11 is 5.93. The van der Waals surface area contributed by atoms with Gasteiger partial charge in [-0.25, -0.2) is 0 Å². The van der Waals surface area contributed by atoms with E-state index in [4.69, 9.17) is 11.6 Å². The SMILES string of the molecule is Cc1cccc(NC(=O)CN(C)[C@H](C)C(=O)Nc2cccc(Cl)c2)c1C. The summed E-state index contributed by atoms with van der Waals surface area (Å²) in [5.74, 6) is -0.363. The third-order valence-corrected chi connectivity index (χ3v) is 4.64. The van der Waals surface area contributed by atoms with Gasteiger partial charge in [0.2, 0.25) is 11.8 Å². The molecule has 2 amide bonds. The van der Waals surface area contributed by atoms with E-state index < -0.39 is 6.04 Å². The summed E-state index contributed by atoms with van der Waals surface area (Å²) in [4.78, 5) is 26.4. The molecule has 0 fully saturated rings. The molecule has 0 heterocycles. The molecule has 5 nitrogen and oxygen atoms in total. The molecule has 2 rings (SSSR count). The molecule has 0 saturated carbocycles. The van der Waals surface area contributed by atoms with Gasteiger partial charge >= 0.3 is 0 Å². The predicted molar refractivity (Wildman–Crippen MR) is 107 cm³/mol. The molecule has 0 spiro atoms. The maximum absolute atomic E-state index is 12.4. The number of amides is 2. The van der Waals surface area contributed by atoms with E-state index in [1.807, 2.05) is 32.0 Å². The number of likely N-dealkylation sites (N-methyl/N-ethyl adjacent to an activating group) is 1. The van der Waals surface area contributed by atoms with Crippen molar-refractivity contribution in [2.24, 2.45) is 0 Å². The number of nitrogens with zero attached hydrogens (tertiary/aromatic N) is 1. The van der Waals surface area contributed by atoms with Crippen LogP contribution in [-0.4, -0.2) is 36.3 Å². The normalized spacial score (nSPS) is 11.9. The fraction of sp³-hybridized carbons (Fsp3) is 0.300. The van der Waals surface area contributed by atoms with Crippen molar-refractivity contribution in [1.29, 1.82) is 0 Å². The van der Waals surface area contributed by atoms with Crippen molar-refractivity contribution in [2.75, 3.05) is 24.2 Å². The minimum absolute atomic E-state index is 0.109. The Labute approximate surface area is 159 Å². The molecule has 0 bridgehead atoms. The lowest BCUT2D eigenvalue weighted by molar-refractivity contribution is -0.122. The largest absolute Gasteiger partial charge is 0.325 e. The number of anilines is 2. The highest BCUT2D eigenvalue weighted by atomic mass is 35.5. The molecule has 2 aromatic carbocycles. The molecule has 0 unspecified atom stereocenters. The number of aryl methyl sites for hydroxylation is 1. The van der Waals surface area contributed by atoms with Crippen molar-refractivity contribution in [3.05, 3.63) is 58.6 Å². The maximum Gasteiger partial charge on any atom is 0.241 e. The second-order valence-corrected chi connectivity index (χ2v) is 6.82. The minimum atomic E-state index is -0.474. The first-order valence-electron chi connectivity index (χ1n) is 8.40. The number of benzene rings is 2. The molecule has 138 valence electrons. The van der Waals surface area contributed by atoms with Gasteiger partial charge in [0.15, 0.2) is 0 Å². The lowest BCUT2D eigenvalue weighted by Crippen LogP contribution is -2.43. The fourth-order valence-corrected chi connectivity index (χ4v) is 2.64. The van der Waals surface area contributed by atoms with Crippen LogP contribution >= 0.6 is 11.6 Å². The lowest BCUT2D eigenvalue weighted by Gasteiger charge is -2.23. The summed E-state index contributed by atoms with van der Waals surface area (Å²) in [6, 6.07) is 12.3. The topological polar surface area (TPSA) is 61.4 Å². The van der Waals surface area contributed by atoms with Gasteiger partial charge in [-0.2, -0.15) is 0 Å². The Balaban J connectivity index is 1.93. The molecule has 0 aliphatic heterocycles. The van der Waals surface area contributed by atoms with Gasteiger partial charge < -0.3 is 10.6 Å². The molecule has 2 N–H and O–H groups in total. The maximum atomic E-state index is 12.4. The molecule has 0 aliphatic rings. The third kappa shape index (κ3) is 5.31. The van der Waals surface area contributed by atoms with Crippen LogP contribution in [0.1, 0.15) is 18.1 Å². The summed E-state index contributed by atoms with van der Waals surface area (Å²) < 4.78 is 0. The van der Waals surface area contributed by atoms with Gasteiger partial charge in [-0.15, -0.1) is 0 Å². The zero-order chi connectivity index (χ0) is 19.3. The van der Waals surface area contributed by atoms with Crippen LogP contribution in [0.5, 0.6) is 0 Å². The number of halogens is 1. The van der Waals surface area contributed by atoms with Crippen LogP contribution in [0.2, 0.25) is 5.02 Å². The van der Waals surface area contributed by atoms with E-state index >= 15 is 0 Å². The Morgan fingerprint density at radius 1 is 1.12 bits per heavy atom. The summed E-state index contributed by atoms with van der Waals surface area (Å²) in [5, 5.41) is 6.26. The van der Waals surface area contributed by atoms with Crippen LogP contribution in [0, 0.1) is 13.8 Å². The van der Waals surface area contributed by atoms with Crippen LogP contribution in [0.3, 0.4) is 0 Å². The van der Waals surface area contributed by atoms with E-state index in [1.54, 1.807) is 43.1 Å². The smallest absolute Gasteiger partial charge is 0.241 e. The van der Waals surface area contributed by atoms with Crippen molar-refractivity contribution < 1.29 is 9.59 Å². The van der Waals surface area contributed by atoms with Crippen LogP contribution in [0.15, 0.2) is 42.5 Å². The first-order valence-corrected chi connectivity index (χ1v) is 8.78. The summed E-state index contributed by atoms with van der Waals surface area (Å²) in [5.41, 5.74) is 3.57. The van der Waals surface area contributed by atoms with E-state index in [9.17, 15) is 9.59 Å². The zero-order valence-electron chi connectivity index (χ0n) is 15.5. The molecule has 26 heavy (non-hydrogen) atoms. The monoisotopic (exact) mass is 373 g/mol. The van der Waals surface area contributed by atoms with Gasteiger partial charge in [0.1, 0.15) is 0 Å². The first kappa shape index (κ1) is 19.9. The van der Waals surface area contributed by atoms with Gasteiger partial charge in [-0.3, -0.25) is 14.5 Å². The summed E-state index contributed by atoms with van der Waals surface area (Å²) in [6.07, 6.45) is 0. The van der Waals surface area contributed by atoms with Crippen molar-refractivity contribution in [1.82, 2.24) is 4.90 Å². The number of rotatable bonds is 6. The Hall–Kier alpha value is -2.37. The van der Waals surface area contributed by atoms with E-state index in [-0.39, 0.29) is 18.4 Å². The number of hydrogen-bond donors (Lipinski definition) is 2. The lowest BCUT2D eigenvalue weighted by atomic mass is 10.1. The quantitative estimate of drug-likeness (QED) is 0.808. The molecular formula is C20H24ClN3O2. The molecule has 0 radical (unpaired) electrons. The minimum Gasteiger partial charge on any atom is -0.325 e. The van der Waals surface area contributed by atoms with E-state index in [1.165, 1.54) is 0 Å². The highest BCUT2D eigenvalue weighted by Crippen LogP contribution is 2.18. The Morgan fingerprint density at radius 2 is 1.81 bits per heavy atom. The fourth-order valence-electron chi connectivity index (χ4n) is 2.45. The Bertz CT molecular complexity index is 807. The van der Waals surface area contributed by atoms with E-state index in [0.29, 0.717) is 10.7 Å². The molecule has 0 aliphatic carbocycles. The standard InChI is InChI=1S/C20H24ClN3O2/c1-13-7-5-10-18(14(13)2)23-19(25)12-24(4)15(3)20(26)22-17-9-6-8-16(21)11-17/h5-11,15H,12H2,1-4H3,(H,22,26)(H,23,25)/t15-/m1/s1. The van der Waals surface area contributed by atoms with Crippen LogP contribution in [0.25, 0.3) is 0 Å². The number of nitrogens with one attached hydrogen (secondary N) is 2. The van der Waals surface area contributed by atoms with Gasteiger partial charge in [0, 0.05) is 16.4 Å². The molecular weight excluding hydrogens is 350 g/mol. The Kier molecular flexibility index (Phi) is 6.77. The molecule has 0 aromatic heterocycles. The Morgan fingerprint density at radius 3 is 2.50 bits per heavy atom. The van der Waals surface area contributed by atoms with E-state index in [0.717, 1.165) is 16.8 Å². The van der Waals surface area contributed by atoms with Crippen molar-refractivity contribution in [3.8, 4) is 0 Å². The number of carbonyl (C=O) groups is 2. The molecule has 6 heteroatoms. The van der Waals surface area contributed by atoms with Gasteiger partial charge in [-0.1, -0.05) is 29.8 Å². The third-order valence-electron chi connectivity index (χ3n) is 4.40. The van der Waals surface area contributed by atoms with Crippen LogP contribution in [0.4, 0.5) is 11.4 Å². The average Bonchev–Trinajstić information content (AvgIpc) is 2.58. The number of carbonyl (C=O) groups excluding carboxylic acids is 2. The molecule has 2 aromatic rings. The van der Waals surface area contributed by atoms with Crippen LogP contribution < -0.4 is 10.6 Å². The molecule has 1 atom stereocenters. The second kappa shape index (κ2) is 8.83. The molecule has 0 saturated heterocycles. The van der Waals surface area contributed by atoms with Gasteiger partial charge in [0.05, 0.1) is 12.6 Å². The van der Waals surface area contributed by atoms with Crippen LogP contribution in [-0.2, 0) is 9.59 Å². The highest BCUT2D eigenvalue weighted by Gasteiger charge is 2.20. The first-order chi connectivity index (χ1) is 12.3. The van der Waals surface area contributed by atoms with Crippen molar-refractivity contribution in [2.45, 2.75) is 26.8 Å².